The largest absolute Gasteiger partial charge is 0.321 e. The number of hydrogen-bond acceptors (Lipinski definition) is 6. The van der Waals surface area contributed by atoms with Crippen molar-refractivity contribution in [2.75, 3.05) is 6.26 Å². The highest BCUT2D eigenvalue weighted by molar-refractivity contribution is 7.99. The molecule has 0 fully saturated rings. The Kier molecular flexibility index (Phi) is 4.67. The van der Waals surface area contributed by atoms with E-state index in [1.165, 1.54) is 18.2 Å². The molecule has 0 N–H and O–H groups in total. The topological polar surface area (TPSA) is 95.1 Å². The number of rotatable bonds is 5. The molecule has 3 rings (SSSR count). The minimum Gasteiger partial charge on any atom is -0.261 e. The van der Waals surface area contributed by atoms with Gasteiger partial charge in [-0.15, -0.1) is 0 Å². The van der Waals surface area contributed by atoms with Crippen molar-refractivity contribution < 1.29 is 22.1 Å². The minimum atomic E-state index is -3.87. The minimum absolute atomic E-state index is 0.0878. The third-order valence-electron chi connectivity index (χ3n) is 3.50. The van der Waals surface area contributed by atoms with E-state index in [2.05, 4.69) is 4.98 Å². The van der Waals surface area contributed by atoms with Gasteiger partial charge in [-0.3, -0.25) is 14.7 Å². The number of alkyl halides is 2. The predicted molar refractivity (Wildman–Crippen MR) is 91.3 cm³/mol. The van der Waals surface area contributed by atoms with Crippen molar-refractivity contribution in [2.24, 2.45) is 0 Å². The lowest BCUT2D eigenvalue weighted by Gasteiger charge is -2.09. The summed E-state index contributed by atoms with van der Waals surface area (Å²) in [5, 5.41) is 11.3. The molecule has 0 unspecified atom stereocenters. The molecule has 0 aliphatic heterocycles. The van der Waals surface area contributed by atoms with Gasteiger partial charge in [-0.05, 0) is 36.0 Å². The fraction of sp³-hybridized carbons (Fsp3) is 0.133. The van der Waals surface area contributed by atoms with Gasteiger partial charge in [-0.25, -0.2) is 13.4 Å². The van der Waals surface area contributed by atoms with E-state index in [9.17, 15) is 27.3 Å². The van der Waals surface area contributed by atoms with Crippen molar-refractivity contribution >= 4 is 38.3 Å². The number of nitrogens with zero attached hydrogens (tertiary/aromatic N) is 3. The van der Waals surface area contributed by atoms with E-state index in [1.54, 1.807) is 18.2 Å². The van der Waals surface area contributed by atoms with Crippen LogP contribution in [-0.4, -0.2) is 29.1 Å². The summed E-state index contributed by atoms with van der Waals surface area (Å²) in [7, 11) is -3.87. The summed E-state index contributed by atoms with van der Waals surface area (Å²) in [4.78, 5) is 14.1. The molecule has 1 heterocycles. The van der Waals surface area contributed by atoms with Gasteiger partial charge in [0.1, 0.15) is 4.90 Å². The first-order chi connectivity index (χ1) is 12.2. The average Bonchev–Trinajstić information content (AvgIpc) is 2.91. The van der Waals surface area contributed by atoms with Crippen LogP contribution >= 0.6 is 11.8 Å². The van der Waals surface area contributed by atoms with Crippen LogP contribution in [0.5, 0.6) is 0 Å². The van der Waals surface area contributed by atoms with Crippen molar-refractivity contribution in [1.29, 1.82) is 0 Å². The van der Waals surface area contributed by atoms with Crippen LogP contribution in [0.3, 0.4) is 0 Å². The Bertz CT molecular complexity index is 1110. The van der Waals surface area contributed by atoms with Crippen molar-refractivity contribution in [3.05, 3.63) is 52.6 Å². The number of aromatic nitrogens is 2. The molecule has 0 aliphatic carbocycles. The zero-order chi connectivity index (χ0) is 19.1. The molecule has 0 aliphatic rings. The molecule has 7 nitrogen and oxygen atoms in total. The molecule has 0 atom stereocenters. The van der Waals surface area contributed by atoms with Gasteiger partial charge in [0.2, 0.25) is 0 Å². The normalized spacial score (nSPS) is 12.0. The molecule has 0 radical (unpaired) electrons. The van der Waals surface area contributed by atoms with Gasteiger partial charge < -0.3 is 0 Å². The number of hydrogen-bond donors (Lipinski definition) is 0. The standard InChI is InChI=1S/C15H11F2N3O4S2/c1-26(23,24)12-8-4-7-11(13(12)20(21)22)25-15-18-9-5-2-3-6-10(9)19(15)14(16)17/h2-8,14H,1H3. The number of fused-ring (bicyclic) bond motifs is 1. The summed E-state index contributed by atoms with van der Waals surface area (Å²) in [5.41, 5.74) is -0.183. The third-order valence-corrected chi connectivity index (χ3v) is 5.65. The van der Waals surface area contributed by atoms with E-state index in [4.69, 9.17) is 0 Å². The molecule has 1 aromatic heterocycles. The van der Waals surface area contributed by atoms with Crippen LogP contribution in [-0.2, 0) is 9.84 Å². The van der Waals surface area contributed by atoms with Gasteiger partial charge in [-0.2, -0.15) is 8.78 Å². The molecule has 2 aromatic carbocycles. The second-order valence-electron chi connectivity index (χ2n) is 5.26. The lowest BCUT2D eigenvalue weighted by Crippen LogP contribution is -2.04. The van der Waals surface area contributed by atoms with Crippen LogP contribution in [0.1, 0.15) is 6.55 Å². The maximum atomic E-state index is 13.5. The molecule has 3 aromatic rings. The lowest BCUT2D eigenvalue weighted by molar-refractivity contribution is -0.390. The van der Waals surface area contributed by atoms with E-state index in [0.717, 1.165) is 12.3 Å². The first-order valence-electron chi connectivity index (χ1n) is 7.10. The fourth-order valence-corrected chi connectivity index (χ4v) is 4.42. The maximum absolute atomic E-state index is 13.5. The number of para-hydroxylation sites is 3. The highest BCUT2D eigenvalue weighted by Crippen LogP contribution is 2.40. The van der Waals surface area contributed by atoms with Crippen molar-refractivity contribution in [1.82, 2.24) is 9.55 Å². The van der Waals surface area contributed by atoms with Gasteiger partial charge in [0, 0.05) is 6.26 Å². The molecule has 11 heteroatoms. The average molecular weight is 399 g/mol. The monoisotopic (exact) mass is 399 g/mol. The highest BCUT2D eigenvalue weighted by atomic mass is 32.2. The van der Waals surface area contributed by atoms with Crippen LogP contribution in [0.15, 0.2) is 57.4 Å². The van der Waals surface area contributed by atoms with Crippen LogP contribution in [0.2, 0.25) is 0 Å². The zero-order valence-electron chi connectivity index (χ0n) is 13.2. The molecule has 0 bridgehead atoms. The Morgan fingerprint density at radius 3 is 2.50 bits per heavy atom. The Morgan fingerprint density at radius 2 is 1.88 bits per heavy atom. The number of benzene rings is 2. The van der Waals surface area contributed by atoms with Gasteiger partial charge >= 0.3 is 12.2 Å². The Hall–Kier alpha value is -2.53. The van der Waals surface area contributed by atoms with Gasteiger partial charge in [-0.1, -0.05) is 18.2 Å². The Balaban J connectivity index is 2.21. The van der Waals surface area contributed by atoms with Gasteiger partial charge in [0.25, 0.3) is 0 Å². The van der Waals surface area contributed by atoms with Crippen molar-refractivity contribution in [3.63, 3.8) is 0 Å². The van der Waals surface area contributed by atoms with Crippen LogP contribution < -0.4 is 0 Å². The second-order valence-corrected chi connectivity index (χ2v) is 8.26. The van der Waals surface area contributed by atoms with E-state index in [-0.39, 0.29) is 15.6 Å². The van der Waals surface area contributed by atoms with Gasteiger partial charge in [0.15, 0.2) is 15.0 Å². The summed E-state index contributed by atoms with van der Waals surface area (Å²) >= 11 is 0.619. The molecule has 0 saturated carbocycles. The highest BCUT2D eigenvalue weighted by Gasteiger charge is 2.28. The zero-order valence-corrected chi connectivity index (χ0v) is 14.8. The van der Waals surface area contributed by atoms with E-state index >= 15 is 0 Å². The second kappa shape index (κ2) is 6.65. The predicted octanol–water partition coefficient (Wildman–Crippen LogP) is 3.89. The van der Waals surface area contributed by atoms with E-state index in [1.807, 2.05) is 0 Å². The molecular weight excluding hydrogens is 388 g/mol. The summed E-state index contributed by atoms with van der Waals surface area (Å²) < 4.78 is 51.3. The lowest BCUT2D eigenvalue weighted by atomic mass is 10.3. The SMILES string of the molecule is CS(=O)(=O)c1cccc(Sc2nc3ccccc3n2C(F)F)c1[N+](=O)[O-]. The van der Waals surface area contributed by atoms with Crippen molar-refractivity contribution in [2.45, 2.75) is 21.5 Å². The van der Waals surface area contributed by atoms with Crippen molar-refractivity contribution in [3.8, 4) is 0 Å². The quantitative estimate of drug-likeness (QED) is 0.477. The first kappa shape index (κ1) is 18.3. The van der Waals surface area contributed by atoms with Crippen LogP contribution in [0, 0.1) is 10.1 Å². The number of sulfone groups is 1. The molecule has 136 valence electrons. The maximum Gasteiger partial charge on any atom is 0.321 e. The number of nitro benzene ring substituents is 1. The third kappa shape index (κ3) is 3.27. The molecule has 0 spiro atoms. The van der Waals surface area contributed by atoms with Crippen LogP contribution in [0.4, 0.5) is 14.5 Å². The molecule has 0 amide bonds. The van der Waals surface area contributed by atoms with Crippen LogP contribution in [0.25, 0.3) is 11.0 Å². The molecule has 26 heavy (non-hydrogen) atoms. The smallest absolute Gasteiger partial charge is 0.261 e. The van der Waals surface area contributed by atoms with Gasteiger partial charge in [0.05, 0.1) is 20.9 Å². The Labute approximate surface area is 150 Å². The summed E-state index contributed by atoms with van der Waals surface area (Å²) in [5.74, 6) is 0. The molecule has 0 saturated heterocycles. The summed E-state index contributed by atoms with van der Waals surface area (Å²) in [6.45, 7) is -2.91. The fourth-order valence-electron chi connectivity index (χ4n) is 2.45. The van der Waals surface area contributed by atoms with E-state index in [0.29, 0.717) is 21.8 Å². The summed E-state index contributed by atoms with van der Waals surface area (Å²) in [6.07, 6.45) is 0.845. The molecular formula is C15H11F2N3O4S2. The Morgan fingerprint density at radius 1 is 1.19 bits per heavy atom. The number of imidazole rings is 1. The number of nitro groups is 1. The van der Waals surface area contributed by atoms with E-state index < -0.39 is 31.9 Å². The number of halogens is 2. The first-order valence-corrected chi connectivity index (χ1v) is 9.81. The summed E-state index contributed by atoms with van der Waals surface area (Å²) in [6, 6.07) is 9.93.